The monoisotopic (exact) mass is 463 g/mol. The summed E-state index contributed by atoms with van der Waals surface area (Å²) in [5.41, 5.74) is 5.92. The number of thiocarbonyl (C=S) groups is 1. The highest BCUT2D eigenvalue weighted by Gasteiger charge is 2.13. The molecule has 3 aromatic rings. The molecule has 170 valence electrons. The lowest BCUT2D eigenvalue weighted by Gasteiger charge is -2.10. The first kappa shape index (κ1) is 23.7. The largest absolute Gasteiger partial charge is 0.494 e. The molecule has 3 aromatic carbocycles. The Balaban J connectivity index is 1.60. The molecule has 0 spiro atoms. The van der Waals surface area contributed by atoms with Crippen molar-refractivity contribution in [2.24, 2.45) is 5.10 Å². The van der Waals surface area contributed by atoms with Crippen LogP contribution in [0.1, 0.15) is 28.4 Å². The Morgan fingerprint density at radius 2 is 1.85 bits per heavy atom. The van der Waals surface area contributed by atoms with Crippen molar-refractivity contribution >= 4 is 35.2 Å². The van der Waals surface area contributed by atoms with Crippen molar-refractivity contribution in [3.63, 3.8) is 0 Å². The molecule has 0 radical (unpaired) electrons. The topological polar surface area (TPSA) is 81.2 Å². The molecular formula is C25H25N3O4S. The van der Waals surface area contributed by atoms with Gasteiger partial charge in [0.2, 0.25) is 0 Å². The van der Waals surface area contributed by atoms with Crippen LogP contribution in [0.15, 0.2) is 71.8 Å². The summed E-state index contributed by atoms with van der Waals surface area (Å²) in [5, 5.41) is 7.57. The zero-order chi connectivity index (χ0) is 23.6. The number of esters is 1. The minimum absolute atomic E-state index is 0.304. The van der Waals surface area contributed by atoms with E-state index < -0.39 is 5.97 Å². The van der Waals surface area contributed by atoms with E-state index in [2.05, 4.69) is 15.8 Å². The fraction of sp³-hybridized carbons (Fsp3) is 0.160. The molecule has 0 fully saturated rings. The predicted molar refractivity (Wildman–Crippen MR) is 134 cm³/mol. The van der Waals surface area contributed by atoms with Crippen LogP contribution in [0.3, 0.4) is 0 Å². The van der Waals surface area contributed by atoms with Crippen molar-refractivity contribution in [2.75, 3.05) is 19.0 Å². The number of benzene rings is 3. The van der Waals surface area contributed by atoms with E-state index in [0.717, 1.165) is 16.8 Å². The van der Waals surface area contributed by atoms with Crippen LogP contribution in [0.25, 0.3) is 0 Å². The average Bonchev–Trinajstić information content (AvgIpc) is 2.80. The zero-order valence-corrected chi connectivity index (χ0v) is 19.4. The highest BCUT2D eigenvalue weighted by atomic mass is 32.1. The number of carbonyl (C=O) groups is 1. The normalized spacial score (nSPS) is 10.5. The number of hydrogen-bond donors (Lipinski definition) is 2. The number of hydrogen-bond acceptors (Lipinski definition) is 6. The Morgan fingerprint density at radius 1 is 1.06 bits per heavy atom. The zero-order valence-electron chi connectivity index (χ0n) is 18.6. The van der Waals surface area contributed by atoms with Crippen LogP contribution in [0, 0.1) is 6.92 Å². The smallest absolute Gasteiger partial charge is 0.343 e. The van der Waals surface area contributed by atoms with Crippen LogP contribution in [0.5, 0.6) is 17.2 Å². The van der Waals surface area contributed by atoms with Crippen LogP contribution in [-0.4, -0.2) is 31.0 Å². The summed E-state index contributed by atoms with van der Waals surface area (Å²) in [6, 6.07) is 19.7. The van der Waals surface area contributed by atoms with Crippen LogP contribution in [0.4, 0.5) is 5.69 Å². The second kappa shape index (κ2) is 11.6. The van der Waals surface area contributed by atoms with Crippen molar-refractivity contribution in [1.82, 2.24) is 5.43 Å². The van der Waals surface area contributed by atoms with E-state index in [1.165, 1.54) is 7.11 Å². The third kappa shape index (κ3) is 7.05. The molecule has 0 amide bonds. The highest BCUT2D eigenvalue weighted by molar-refractivity contribution is 7.80. The van der Waals surface area contributed by atoms with E-state index in [4.69, 9.17) is 26.4 Å². The van der Waals surface area contributed by atoms with Gasteiger partial charge < -0.3 is 19.5 Å². The van der Waals surface area contributed by atoms with Crippen molar-refractivity contribution in [3.8, 4) is 17.2 Å². The number of aryl methyl sites for hydroxylation is 1. The molecule has 0 heterocycles. The van der Waals surface area contributed by atoms with Gasteiger partial charge in [-0.15, -0.1) is 0 Å². The molecule has 0 aromatic heterocycles. The Labute approximate surface area is 198 Å². The second-order valence-corrected chi connectivity index (χ2v) is 7.36. The predicted octanol–water partition coefficient (Wildman–Crippen LogP) is 4.94. The van der Waals surface area contributed by atoms with Crippen LogP contribution in [-0.2, 0) is 0 Å². The number of methoxy groups -OCH3 is 1. The third-order valence-corrected chi connectivity index (χ3v) is 4.64. The van der Waals surface area contributed by atoms with Crippen LogP contribution >= 0.6 is 12.2 Å². The number of nitrogens with one attached hydrogen (secondary N) is 2. The molecule has 0 unspecified atom stereocenters. The van der Waals surface area contributed by atoms with E-state index >= 15 is 0 Å². The van der Waals surface area contributed by atoms with Gasteiger partial charge in [0.05, 0.1) is 25.5 Å². The molecular weight excluding hydrogens is 438 g/mol. The SMILES string of the molecule is CCOc1ccc(C(=O)Oc2ccc(/C=N\NC(=S)Nc3cccc(C)c3)cc2OC)cc1. The van der Waals surface area contributed by atoms with Crippen molar-refractivity contribution < 1.29 is 19.0 Å². The first-order chi connectivity index (χ1) is 16.0. The number of nitrogens with zero attached hydrogens (tertiary/aromatic N) is 1. The molecule has 0 bridgehead atoms. The summed E-state index contributed by atoms with van der Waals surface area (Å²) in [7, 11) is 1.50. The van der Waals surface area contributed by atoms with Gasteiger partial charge in [0.1, 0.15) is 5.75 Å². The number of anilines is 1. The number of rotatable bonds is 8. The lowest BCUT2D eigenvalue weighted by Crippen LogP contribution is -2.23. The third-order valence-electron chi connectivity index (χ3n) is 4.45. The van der Waals surface area contributed by atoms with Gasteiger partial charge in [0.25, 0.3) is 0 Å². The molecule has 7 nitrogen and oxygen atoms in total. The standard InChI is InChI=1S/C25H25N3O4S/c1-4-31-21-11-9-19(10-12-21)24(29)32-22-13-8-18(15-23(22)30-3)16-26-28-25(33)27-20-7-5-6-17(2)14-20/h5-16H,4H2,1-3H3,(H2,27,28,33)/b26-16-. The lowest BCUT2D eigenvalue weighted by molar-refractivity contribution is 0.0729. The first-order valence-electron chi connectivity index (χ1n) is 10.3. The van der Waals surface area contributed by atoms with E-state index in [1.54, 1.807) is 48.7 Å². The Kier molecular flexibility index (Phi) is 8.37. The van der Waals surface area contributed by atoms with E-state index in [-0.39, 0.29) is 0 Å². The van der Waals surface area contributed by atoms with Crippen molar-refractivity contribution in [2.45, 2.75) is 13.8 Å². The average molecular weight is 464 g/mol. The Bertz CT molecular complexity index is 1150. The second-order valence-electron chi connectivity index (χ2n) is 6.95. The number of carbonyl (C=O) groups excluding carboxylic acids is 1. The fourth-order valence-electron chi connectivity index (χ4n) is 2.91. The van der Waals surface area contributed by atoms with Gasteiger partial charge in [-0.05, 0) is 91.8 Å². The van der Waals surface area contributed by atoms with Crippen LogP contribution < -0.4 is 25.0 Å². The Morgan fingerprint density at radius 3 is 2.55 bits per heavy atom. The number of ether oxygens (including phenoxy) is 3. The summed E-state index contributed by atoms with van der Waals surface area (Å²) in [4.78, 5) is 12.5. The molecule has 0 atom stereocenters. The van der Waals surface area contributed by atoms with Gasteiger partial charge >= 0.3 is 5.97 Å². The maximum Gasteiger partial charge on any atom is 0.343 e. The highest BCUT2D eigenvalue weighted by Crippen LogP contribution is 2.28. The maximum atomic E-state index is 12.5. The first-order valence-corrected chi connectivity index (χ1v) is 10.7. The molecule has 3 rings (SSSR count). The molecule has 2 N–H and O–H groups in total. The maximum absolute atomic E-state index is 12.5. The molecule has 8 heteroatoms. The Hall–Kier alpha value is -3.91. The van der Waals surface area contributed by atoms with Gasteiger partial charge in [-0.2, -0.15) is 5.10 Å². The van der Waals surface area contributed by atoms with Gasteiger partial charge in [0, 0.05) is 5.69 Å². The molecule has 33 heavy (non-hydrogen) atoms. The van der Waals surface area contributed by atoms with Crippen molar-refractivity contribution in [3.05, 3.63) is 83.4 Å². The fourth-order valence-corrected chi connectivity index (χ4v) is 3.08. The lowest BCUT2D eigenvalue weighted by atomic mass is 10.2. The minimum atomic E-state index is -0.494. The van der Waals surface area contributed by atoms with Gasteiger partial charge in [-0.25, -0.2) is 4.79 Å². The molecule has 0 saturated carbocycles. The van der Waals surface area contributed by atoms with Gasteiger partial charge in [-0.1, -0.05) is 12.1 Å². The summed E-state index contributed by atoms with van der Waals surface area (Å²) in [5.74, 6) is 0.904. The summed E-state index contributed by atoms with van der Waals surface area (Å²) in [6.45, 7) is 4.46. The summed E-state index contributed by atoms with van der Waals surface area (Å²) >= 11 is 5.25. The molecule has 0 aliphatic carbocycles. The molecule has 0 aliphatic rings. The molecule has 0 saturated heterocycles. The minimum Gasteiger partial charge on any atom is -0.494 e. The van der Waals surface area contributed by atoms with E-state index in [1.807, 2.05) is 38.1 Å². The molecule has 0 aliphatic heterocycles. The quantitative estimate of drug-likeness (QED) is 0.161. The van der Waals surface area contributed by atoms with Gasteiger partial charge in [-0.3, -0.25) is 5.43 Å². The summed E-state index contributed by atoms with van der Waals surface area (Å²) < 4.78 is 16.3. The summed E-state index contributed by atoms with van der Waals surface area (Å²) in [6.07, 6.45) is 1.59. The van der Waals surface area contributed by atoms with E-state index in [0.29, 0.717) is 34.5 Å². The van der Waals surface area contributed by atoms with Crippen LogP contribution in [0.2, 0.25) is 0 Å². The van der Waals surface area contributed by atoms with E-state index in [9.17, 15) is 4.79 Å². The number of hydrazone groups is 1. The van der Waals surface area contributed by atoms with Gasteiger partial charge in [0.15, 0.2) is 16.6 Å². The van der Waals surface area contributed by atoms with Crippen molar-refractivity contribution in [1.29, 1.82) is 0 Å².